The molecule has 1 aliphatic rings. The smallest absolute Gasteiger partial charge is 0.253 e. The third-order valence-electron chi connectivity index (χ3n) is 6.49. The summed E-state index contributed by atoms with van der Waals surface area (Å²) in [5.74, 6) is -1.11. The Morgan fingerprint density at radius 2 is 1.61 bits per heavy atom. The predicted molar refractivity (Wildman–Crippen MR) is 140 cm³/mol. The Bertz CT molecular complexity index is 1320. The van der Waals surface area contributed by atoms with Crippen molar-refractivity contribution in [3.05, 3.63) is 95.6 Å². The zero-order chi connectivity index (χ0) is 25.7. The molecular formula is C28H31N3O4S. The predicted octanol–water partition coefficient (Wildman–Crippen LogP) is 4.53. The molecule has 0 aliphatic carbocycles. The van der Waals surface area contributed by atoms with Gasteiger partial charge in [0.15, 0.2) is 0 Å². The Morgan fingerprint density at radius 3 is 2.33 bits per heavy atom. The minimum absolute atomic E-state index is 0.0987. The molecule has 1 saturated heterocycles. The van der Waals surface area contributed by atoms with E-state index in [-0.39, 0.29) is 29.3 Å². The van der Waals surface area contributed by atoms with Crippen LogP contribution in [0.25, 0.3) is 0 Å². The number of benzene rings is 3. The molecule has 8 heteroatoms. The van der Waals surface area contributed by atoms with Gasteiger partial charge < -0.3 is 10.6 Å². The Labute approximate surface area is 212 Å². The number of carbonyl (C=O) groups excluding carboxylic acids is 2. The summed E-state index contributed by atoms with van der Waals surface area (Å²) in [5, 5.41) is 5.85. The second-order valence-corrected chi connectivity index (χ2v) is 11.1. The Kier molecular flexibility index (Phi) is 7.86. The van der Waals surface area contributed by atoms with Crippen LogP contribution in [0.1, 0.15) is 47.3 Å². The Balaban J connectivity index is 1.45. The third-order valence-corrected chi connectivity index (χ3v) is 8.37. The van der Waals surface area contributed by atoms with Crippen molar-refractivity contribution in [2.75, 3.05) is 18.4 Å². The number of amides is 2. The fraction of sp³-hybridized carbons (Fsp3) is 0.286. The van der Waals surface area contributed by atoms with Crippen LogP contribution in [0.5, 0.6) is 0 Å². The lowest BCUT2D eigenvalue weighted by Crippen LogP contribution is -2.43. The molecule has 1 fully saturated rings. The maximum Gasteiger partial charge on any atom is 0.253 e. The van der Waals surface area contributed by atoms with Gasteiger partial charge in [-0.1, -0.05) is 60.2 Å². The lowest BCUT2D eigenvalue weighted by molar-refractivity contribution is -0.120. The lowest BCUT2D eigenvalue weighted by Gasteiger charge is -2.31. The molecule has 0 radical (unpaired) electrons. The summed E-state index contributed by atoms with van der Waals surface area (Å²) in [4.78, 5) is 26.4. The second-order valence-electron chi connectivity index (χ2n) is 9.16. The molecule has 0 saturated carbocycles. The van der Waals surface area contributed by atoms with Gasteiger partial charge in [0.05, 0.1) is 28.1 Å². The molecular weight excluding hydrogens is 474 g/mol. The highest BCUT2D eigenvalue weighted by molar-refractivity contribution is 7.89. The third kappa shape index (κ3) is 5.83. The van der Waals surface area contributed by atoms with E-state index >= 15 is 0 Å². The number of nitrogens with one attached hydrogen (secondary N) is 2. The zero-order valence-corrected chi connectivity index (χ0v) is 21.3. The van der Waals surface area contributed by atoms with Crippen molar-refractivity contribution in [3.63, 3.8) is 0 Å². The molecule has 7 nitrogen and oxygen atoms in total. The zero-order valence-electron chi connectivity index (χ0n) is 20.5. The first kappa shape index (κ1) is 25.6. The number of rotatable bonds is 7. The average molecular weight is 506 g/mol. The number of para-hydroxylation sites is 1. The van der Waals surface area contributed by atoms with Crippen molar-refractivity contribution in [2.45, 2.75) is 37.6 Å². The minimum atomic E-state index is -3.69. The van der Waals surface area contributed by atoms with E-state index in [4.69, 9.17) is 0 Å². The van der Waals surface area contributed by atoms with Crippen LogP contribution in [0.3, 0.4) is 0 Å². The fourth-order valence-corrected chi connectivity index (χ4v) is 5.88. The van der Waals surface area contributed by atoms with Crippen molar-refractivity contribution >= 4 is 27.5 Å². The van der Waals surface area contributed by atoms with Gasteiger partial charge in [0.1, 0.15) is 0 Å². The first-order valence-electron chi connectivity index (χ1n) is 12.1. The highest BCUT2D eigenvalue weighted by Gasteiger charge is 2.33. The summed E-state index contributed by atoms with van der Waals surface area (Å²) in [6, 6.07) is 23.0. The van der Waals surface area contributed by atoms with Crippen LogP contribution in [0.2, 0.25) is 0 Å². The van der Waals surface area contributed by atoms with E-state index in [0.717, 1.165) is 11.1 Å². The first-order chi connectivity index (χ1) is 17.3. The molecule has 188 valence electrons. The van der Waals surface area contributed by atoms with Crippen molar-refractivity contribution < 1.29 is 18.0 Å². The summed E-state index contributed by atoms with van der Waals surface area (Å²) < 4.78 is 27.6. The second kappa shape index (κ2) is 11.1. The van der Waals surface area contributed by atoms with E-state index in [9.17, 15) is 18.0 Å². The molecule has 2 N–H and O–H groups in total. The number of anilines is 1. The van der Waals surface area contributed by atoms with Gasteiger partial charge in [0.2, 0.25) is 15.9 Å². The van der Waals surface area contributed by atoms with Gasteiger partial charge in [-0.2, -0.15) is 4.31 Å². The number of sulfonamides is 1. The van der Waals surface area contributed by atoms with E-state index in [1.165, 1.54) is 4.31 Å². The van der Waals surface area contributed by atoms with E-state index in [1.807, 2.05) is 44.2 Å². The van der Waals surface area contributed by atoms with Gasteiger partial charge >= 0.3 is 0 Å². The molecule has 1 heterocycles. The van der Waals surface area contributed by atoms with Crippen molar-refractivity contribution in [2.24, 2.45) is 5.92 Å². The quantitative estimate of drug-likeness (QED) is 0.493. The van der Waals surface area contributed by atoms with E-state index < -0.39 is 15.9 Å². The van der Waals surface area contributed by atoms with Crippen LogP contribution in [0.15, 0.2) is 83.8 Å². The van der Waals surface area contributed by atoms with E-state index in [2.05, 4.69) is 10.6 Å². The maximum absolute atomic E-state index is 13.2. The summed E-state index contributed by atoms with van der Waals surface area (Å²) in [6.07, 6.45) is 1.16. The van der Waals surface area contributed by atoms with Gasteiger partial charge in [-0.3, -0.25) is 9.59 Å². The van der Waals surface area contributed by atoms with E-state index in [1.54, 1.807) is 48.5 Å². The van der Waals surface area contributed by atoms with Gasteiger partial charge in [-0.05, 0) is 56.5 Å². The SMILES string of the molecule is Cc1ccc(S(=O)(=O)N2CCCC(C(=O)Nc3ccccc3C(=O)NC(C)c3ccccc3)C2)cc1. The molecule has 3 aromatic rings. The molecule has 1 aliphatic heterocycles. The molecule has 0 aromatic heterocycles. The normalized spacial score (nSPS) is 17.2. The molecule has 36 heavy (non-hydrogen) atoms. The number of hydrogen-bond acceptors (Lipinski definition) is 4. The number of aryl methyl sites for hydroxylation is 1. The summed E-state index contributed by atoms with van der Waals surface area (Å²) in [7, 11) is -3.69. The molecule has 2 atom stereocenters. The lowest BCUT2D eigenvalue weighted by atomic mass is 9.98. The van der Waals surface area contributed by atoms with Crippen LogP contribution >= 0.6 is 0 Å². The van der Waals surface area contributed by atoms with Gasteiger partial charge in [0, 0.05) is 13.1 Å². The highest BCUT2D eigenvalue weighted by Crippen LogP contribution is 2.26. The maximum atomic E-state index is 13.2. The van der Waals surface area contributed by atoms with Gasteiger partial charge in [-0.25, -0.2) is 8.42 Å². The summed E-state index contributed by atoms with van der Waals surface area (Å²) in [5.41, 5.74) is 2.71. The standard InChI is InChI=1S/C28H31N3O4S/c1-20-14-16-24(17-15-20)36(34,35)31-18-8-11-23(19-31)27(32)30-26-13-7-6-12-25(26)28(33)29-21(2)22-9-4-3-5-10-22/h3-7,9-10,12-17,21,23H,8,11,18-19H2,1-2H3,(H,29,33)(H,30,32). The van der Waals surface area contributed by atoms with Crippen molar-refractivity contribution in [3.8, 4) is 0 Å². The Hall–Kier alpha value is -3.49. The topological polar surface area (TPSA) is 95.6 Å². The van der Waals surface area contributed by atoms with Gasteiger partial charge in [-0.15, -0.1) is 0 Å². The van der Waals surface area contributed by atoms with Crippen LogP contribution in [-0.2, 0) is 14.8 Å². The molecule has 2 amide bonds. The number of carbonyl (C=O) groups is 2. The van der Waals surface area contributed by atoms with Crippen LogP contribution in [0, 0.1) is 12.8 Å². The minimum Gasteiger partial charge on any atom is -0.345 e. The largest absolute Gasteiger partial charge is 0.345 e. The molecule has 0 spiro atoms. The summed E-state index contributed by atoms with van der Waals surface area (Å²) in [6.45, 7) is 4.27. The molecule has 3 aromatic carbocycles. The number of nitrogens with zero attached hydrogens (tertiary/aromatic N) is 1. The average Bonchev–Trinajstić information content (AvgIpc) is 2.89. The van der Waals surface area contributed by atoms with Crippen molar-refractivity contribution in [1.29, 1.82) is 0 Å². The monoisotopic (exact) mass is 505 g/mol. The first-order valence-corrected chi connectivity index (χ1v) is 13.5. The number of piperidine rings is 1. The molecule has 2 unspecified atom stereocenters. The van der Waals surface area contributed by atoms with Crippen LogP contribution < -0.4 is 10.6 Å². The van der Waals surface area contributed by atoms with Crippen LogP contribution in [-0.4, -0.2) is 37.6 Å². The van der Waals surface area contributed by atoms with Crippen LogP contribution in [0.4, 0.5) is 5.69 Å². The highest BCUT2D eigenvalue weighted by atomic mass is 32.2. The fourth-order valence-electron chi connectivity index (χ4n) is 4.36. The molecule has 4 rings (SSSR count). The van der Waals surface area contributed by atoms with E-state index in [0.29, 0.717) is 30.6 Å². The Morgan fingerprint density at radius 1 is 0.944 bits per heavy atom. The summed E-state index contributed by atoms with van der Waals surface area (Å²) >= 11 is 0. The van der Waals surface area contributed by atoms with Gasteiger partial charge in [0.25, 0.3) is 5.91 Å². The number of hydrogen-bond donors (Lipinski definition) is 2. The molecule has 0 bridgehead atoms. The van der Waals surface area contributed by atoms with Crippen molar-refractivity contribution in [1.82, 2.24) is 9.62 Å².